The molecule has 0 amide bonds. The lowest BCUT2D eigenvalue weighted by Gasteiger charge is -2.15. The van der Waals surface area contributed by atoms with E-state index in [-0.39, 0.29) is 10.6 Å². The van der Waals surface area contributed by atoms with E-state index in [1.165, 1.54) is 12.0 Å². The minimum Gasteiger partial charge on any atom is -0.482 e. The molecule has 3 rings (SSSR count). The van der Waals surface area contributed by atoms with Gasteiger partial charge in [-0.3, -0.25) is 10.1 Å². The minimum absolute atomic E-state index is 0.184. The number of ether oxygens (including phenoxy) is 1. The molecule has 0 fully saturated rings. The number of nitrogens with zero attached hydrogens (tertiary/aromatic N) is 1. The third-order valence-corrected chi connectivity index (χ3v) is 4.37. The first-order valence-electron chi connectivity index (χ1n) is 8.19. The van der Waals surface area contributed by atoms with E-state index in [0.717, 1.165) is 36.8 Å². The average Bonchev–Trinajstić information content (AvgIpc) is 2.88. The van der Waals surface area contributed by atoms with Gasteiger partial charge < -0.3 is 4.74 Å². The highest BCUT2D eigenvalue weighted by molar-refractivity contribution is 5.42. The summed E-state index contributed by atoms with van der Waals surface area (Å²) in [6.07, 6.45) is 9.50. The Morgan fingerprint density at radius 3 is 2.65 bits per heavy atom. The normalized spacial score (nSPS) is 18.3. The Morgan fingerprint density at radius 2 is 1.87 bits per heavy atom. The van der Waals surface area contributed by atoms with Crippen LogP contribution < -0.4 is 0 Å². The maximum atomic E-state index is 11.5. The van der Waals surface area contributed by atoms with Gasteiger partial charge in [0.05, 0.1) is 11.3 Å². The molecule has 4 heteroatoms. The van der Waals surface area contributed by atoms with Crippen molar-refractivity contribution in [1.29, 1.82) is 0 Å². The van der Waals surface area contributed by atoms with Crippen LogP contribution in [-0.2, 0) is 11.3 Å². The van der Waals surface area contributed by atoms with Crippen LogP contribution in [0.25, 0.3) is 0 Å². The zero-order valence-electron chi connectivity index (χ0n) is 13.2. The SMILES string of the molecule is O=[N+]([O-])C1=C(OCc2ccccc2)C2=C(C=CC1)CCCCC2. The van der Waals surface area contributed by atoms with Crippen LogP contribution in [0.1, 0.15) is 44.1 Å². The minimum atomic E-state index is -0.286. The molecule has 0 heterocycles. The second kappa shape index (κ2) is 7.27. The van der Waals surface area contributed by atoms with Gasteiger partial charge in [-0.15, -0.1) is 0 Å². The second-order valence-corrected chi connectivity index (χ2v) is 5.98. The first-order valence-corrected chi connectivity index (χ1v) is 8.19. The van der Waals surface area contributed by atoms with Gasteiger partial charge in [0.2, 0.25) is 0 Å². The fourth-order valence-corrected chi connectivity index (χ4v) is 3.19. The van der Waals surface area contributed by atoms with E-state index < -0.39 is 0 Å². The summed E-state index contributed by atoms with van der Waals surface area (Å²) in [5, 5.41) is 11.5. The summed E-state index contributed by atoms with van der Waals surface area (Å²) < 4.78 is 5.99. The summed E-state index contributed by atoms with van der Waals surface area (Å²) in [5.41, 5.74) is 3.46. The summed E-state index contributed by atoms with van der Waals surface area (Å²) in [5.74, 6) is 0.501. The molecule has 2 aliphatic carbocycles. The van der Waals surface area contributed by atoms with Crippen LogP contribution in [0.2, 0.25) is 0 Å². The van der Waals surface area contributed by atoms with Crippen LogP contribution in [0.5, 0.6) is 0 Å². The van der Waals surface area contributed by atoms with E-state index in [1.54, 1.807) is 0 Å². The molecule has 0 saturated carbocycles. The van der Waals surface area contributed by atoms with Crippen molar-refractivity contribution in [2.24, 2.45) is 0 Å². The highest BCUT2D eigenvalue weighted by Crippen LogP contribution is 2.35. The standard InChI is InChI=1S/C19H21NO3/c21-20(22)18-13-7-11-16-10-5-2-6-12-17(16)19(18)23-14-15-8-3-1-4-9-15/h1,3-4,7-9,11H,2,5-6,10,12-14H2. The van der Waals surface area contributed by atoms with E-state index in [4.69, 9.17) is 4.74 Å². The Morgan fingerprint density at radius 1 is 1.09 bits per heavy atom. The first-order chi connectivity index (χ1) is 11.3. The van der Waals surface area contributed by atoms with Crippen LogP contribution in [0.3, 0.4) is 0 Å². The van der Waals surface area contributed by atoms with Crippen molar-refractivity contribution in [3.05, 3.63) is 80.8 Å². The average molecular weight is 311 g/mol. The summed E-state index contributed by atoms with van der Waals surface area (Å²) in [6.45, 7) is 0.365. The molecular weight excluding hydrogens is 290 g/mol. The number of nitro groups is 1. The molecule has 0 spiro atoms. The molecule has 4 nitrogen and oxygen atoms in total. The number of allylic oxidation sites excluding steroid dienone is 4. The third-order valence-electron chi connectivity index (χ3n) is 4.37. The molecule has 23 heavy (non-hydrogen) atoms. The van der Waals surface area contributed by atoms with E-state index in [9.17, 15) is 10.1 Å². The quantitative estimate of drug-likeness (QED) is 0.586. The van der Waals surface area contributed by atoms with Gasteiger partial charge in [0.25, 0.3) is 5.70 Å². The second-order valence-electron chi connectivity index (χ2n) is 5.98. The van der Waals surface area contributed by atoms with Crippen LogP contribution in [0, 0.1) is 10.1 Å². The van der Waals surface area contributed by atoms with Crippen molar-refractivity contribution in [2.45, 2.75) is 45.1 Å². The monoisotopic (exact) mass is 311 g/mol. The fourth-order valence-electron chi connectivity index (χ4n) is 3.19. The zero-order valence-corrected chi connectivity index (χ0v) is 13.2. The molecule has 0 aromatic heterocycles. The smallest absolute Gasteiger partial charge is 0.291 e. The van der Waals surface area contributed by atoms with Crippen molar-refractivity contribution in [1.82, 2.24) is 0 Å². The highest BCUT2D eigenvalue weighted by atomic mass is 16.6. The third kappa shape index (κ3) is 3.70. The summed E-state index contributed by atoms with van der Waals surface area (Å²) in [7, 11) is 0. The van der Waals surface area contributed by atoms with Crippen LogP contribution in [0.15, 0.2) is 65.1 Å². The Bertz CT molecular complexity index is 671. The van der Waals surface area contributed by atoms with Crippen molar-refractivity contribution in [3.63, 3.8) is 0 Å². The molecule has 0 unspecified atom stereocenters. The topological polar surface area (TPSA) is 52.4 Å². The number of hydrogen-bond donors (Lipinski definition) is 0. The lowest BCUT2D eigenvalue weighted by Crippen LogP contribution is -2.08. The predicted octanol–water partition coefficient (Wildman–Crippen LogP) is 4.91. The molecule has 0 radical (unpaired) electrons. The Balaban J connectivity index is 1.93. The van der Waals surface area contributed by atoms with Gasteiger partial charge >= 0.3 is 0 Å². The van der Waals surface area contributed by atoms with E-state index in [1.807, 2.05) is 36.4 Å². The number of hydrogen-bond acceptors (Lipinski definition) is 3. The maximum absolute atomic E-state index is 11.5. The fraction of sp³-hybridized carbons (Fsp3) is 0.368. The Kier molecular flexibility index (Phi) is 4.91. The van der Waals surface area contributed by atoms with Gasteiger partial charge in [-0.1, -0.05) is 48.9 Å². The summed E-state index contributed by atoms with van der Waals surface area (Å²) in [6, 6.07) is 9.80. The van der Waals surface area contributed by atoms with Gasteiger partial charge in [0, 0.05) is 5.57 Å². The molecule has 0 saturated heterocycles. The van der Waals surface area contributed by atoms with E-state index in [2.05, 4.69) is 6.08 Å². The Labute approximate surface area is 136 Å². The van der Waals surface area contributed by atoms with Crippen LogP contribution >= 0.6 is 0 Å². The summed E-state index contributed by atoms with van der Waals surface area (Å²) >= 11 is 0. The van der Waals surface area contributed by atoms with E-state index >= 15 is 0 Å². The van der Waals surface area contributed by atoms with Gasteiger partial charge in [-0.05, 0) is 36.8 Å². The predicted molar refractivity (Wildman–Crippen MR) is 89.1 cm³/mol. The van der Waals surface area contributed by atoms with Gasteiger partial charge in [0.1, 0.15) is 6.61 Å². The molecule has 120 valence electrons. The highest BCUT2D eigenvalue weighted by Gasteiger charge is 2.27. The molecule has 0 atom stereocenters. The lowest BCUT2D eigenvalue weighted by molar-refractivity contribution is -0.429. The molecule has 1 aromatic rings. The first kappa shape index (κ1) is 15.5. The molecule has 1 aromatic carbocycles. The molecule has 0 bridgehead atoms. The largest absolute Gasteiger partial charge is 0.482 e. The Hall–Kier alpha value is -2.36. The number of rotatable bonds is 4. The van der Waals surface area contributed by atoms with Gasteiger partial charge in [-0.25, -0.2) is 0 Å². The molecule has 0 N–H and O–H groups in total. The van der Waals surface area contributed by atoms with Crippen molar-refractivity contribution in [3.8, 4) is 0 Å². The van der Waals surface area contributed by atoms with Crippen LogP contribution in [0.4, 0.5) is 0 Å². The van der Waals surface area contributed by atoms with Crippen molar-refractivity contribution in [2.75, 3.05) is 0 Å². The lowest BCUT2D eigenvalue weighted by atomic mass is 10.0. The van der Waals surface area contributed by atoms with Gasteiger partial charge in [-0.2, -0.15) is 0 Å². The van der Waals surface area contributed by atoms with Gasteiger partial charge in [0.15, 0.2) is 5.76 Å². The van der Waals surface area contributed by atoms with Crippen molar-refractivity contribution < 1.29 is 9.66 Å². The summed E-state index contributed by atoms with van der Waals surface area (Å²) in [4.78, 5) is 11.2. The van der Waals surface area contributed by atoms with Crippen molar-refractivity contribution >= 4 is 0 Å². The number of benzene rings is 1. The molecule has 2 aliphatic rings. The maximum Gasteiger partial charge on any atom is 0.291 e. The molecule has 0 aliphatic heterocycles. The van der Waals surface area contributed by atoms with E-state index in [0.29, 0.717) is 18.8 Å². The zero-order chi connectivity index (χ0) is 16.1. The van der Waals surface area contributed by atoms with Crippen LogP contribution in [-0.4, -0.2) is 4.92 Å². The molecular formula is C19H21NO3.